The van der Waals surface area contributed by atoms with E-state index in [9.17, 15) is 18.8 Å². The number of rotatable bonds is 4. The van der Waals surface area contributed by atoms with E-state index in [1.807, 2.05) is 13.0 Å². The van der Waals surface area contributed by atoms with Crippen LogP contribution in [-0.2, 0) is 9.59 Å². The predicted molar refractivity (Wildman–Crippen MR) is 135 cm³/mol. The van der Waals surface area contributed by atoms with Gasteiger partial charge in [-0.15, -0.1) is 0 Å². The highest BCUT2D eigenvalue weighted by atomic mass is 32.2. The van der Waals surface area contributed by atoms with E-state index in [1.54, 1.807) is 6.08 Å². The van der Waals surface area contributed by atoms with E-state index in [-0.39, 0.29) is 10.4 Å². The van der Waals surface area contributed by atoms with Crippen molar-refractivity contribution in [3.8, 4) is 0 Å². The molecule has 8 heteroatoms. The molecule has 4 rings (SSSR count). The van der Waals surface area contributed by atoms with Crippen LogP contribution in [0.2, 0.25) is 0 Å². The molecule has 2 aromatic carbocycles. The Morgan fingerprint density at radius 2 is 1.82 bits per heavy atom. The SMILES string of the molecule is CC1=CC(C)(C)N(C)c2cc(C)c(/C=C3\SC(=O)N(CC(=O)Nc4ccc(F)cc4)C3=O)cc21. The van der Waals surface area contributed by atoms with E-state index in [4.69, 9.17) is 0 Å². The largest absolute Gasteiger partial charge is 0.365 e. The minimum absolute atomic E-state index is 0.109. The number of nitrogens with zero attached hydrogens (tertiary/aromatic N) is 2. The van der Waals surface area contributed by atoms with Gasteiger partial charge in [0, 0.05) is 24.0 Å². The molecule has 2 heterocycles. The molecule has 176 valence electrons. The Kier molecular flexibility index (Phi) is 6.12. The molecule has 0 radical (unpaired) electrons. The number of anilines is 2. The molecule has 0 saturated carbocycles. The van der Waals surface area contributed by atoms with Crippen LogP contribution in [-0.4, -0.2) is 41.1 Å². The third-order valence-electron chi connectivity index (χ3n) is 6.19. The van der Waals surface area contributed by atoms with Gasteiger partial charge in [0.1, 0.15) is 12.4 Å². The number of allylic oxidation sites excluding steroid dienone is 1. The molecule has 1 saturated heterocycles. The predicted octanol–water partition coefficient (Wildman–Crippen LogP) is 5.44. The Bertz CT molecular complexity index is 1260. The molecule has 1 N–H and O–H groups in total. The lowest BCUT2D eigenvalue weighted by atomic mass is 9.87. The maximum atomic E-state index is 13.0. The first-order chi connectivity index (χ1) is 16.0. The third kappa shape index (κ3) is 4.50. The number of nitrogens with one attached hydrogen (secondary N) is 1. The fourth-order valence-corrected chi connectivity index (χ4v) is 4.96. The van der Waals surface area contributed by atoms with Gasteiger partial charge in [-0.3, -0.25) is 19.3 Å². The zero-order valence-corrected chi connectivity index (χ0v) is 20.5. The fourth-order valence-electron chi connectivity index (χ4n) is 4.13. The minimum atomic E-state index is -0.536. The van der Waals surface area contributed by atoms with Gasteiger partial charge in [-0.2, -0.15) is 0 Å². The topological polar surface area (TPSA) is 69.7 Å². The van der Waals surface area contributed by atoms with Gasteiger partial charge in [0.2, 0.25) is 5.91 Å². The highest BCUT2D eigenvalue weighted by Gasteiger charge is 2.36. The first kappa shape index (κ1) is 23.8. The average Bonchev–Trinajstić information content (AvgIpc) is 3.02. The van der Waals surface area contributed by atoms with Crippen LogP contribution < -0.4 is 10.2 Å². The number of aryl methyl sites for hydroxylation is 1. The molecule has 1 fully saturated rings. The number of halogens is 1. The molecular weight excluding hydrogens is 453 g/mol. The zero-order chi connectivity index (χ0) is 24.8. The minimum Gasteiger partial charge on any atom is -0.365 e. The number of fused-ring (bicyclic) bond motifs is 1. The molecule has 0 aliphatic carbocycles. The van der Waals surface area contributed by atoms with Crippen molar-refractivity contribution in [2.75, 3.05) is 23.8 Å². The Hall–Kier alpha value is -3.39. The number of hydrogen-bond donors (Lipinski definition) is 1. The highest BCUT2D eigenvalue weighted by molar-refractivity contribution is 8.18. The molecule has 0 bridgehead atoms. The number of amides is 3. The lowest BCUT2D eigenvalue weighted by molar-refractivity contribution is -0.127. The monoisotopic (exact) mass is 479 g/mol. The lowest BCUT2D eigenvalue weighted by Crippen LogP contribution is -2.42. The normalized spacial score (nSPS) is 18.3. The number of thioether (sulfide) groups is 1. The van der Waals surface area contributed by atoms with E-state index >= 15 is 0 Å². The van der Waals surface area contributed by atoms with E-state index in [0.29, 0.717) is 5.69 Å². The second kappa shape index (κ2) is 8.76. The summed E-state index contributed by atoms with van der Waals surface area (Å²) in [5, 5.41) is 2.07. The summed E-state index contributed by atoms with van der Waals surface area (Å²) in [6.07, 6.45) is 3.92. The summed E-state index contributed by atoms with van der Waals surface area (Å²) in [5.74, 6) is -1.47. The van der Waals surface area contributed by atoms with Crippen LogP contribution >= 0.6 is 11.8 Å². The van der Waals surface area contributed by atoms with E-state index < -0.39 is 29.4 Å². The molecule has 0 aromatic heterocycles. The molecule has 0 unspecified atom stereocenters. The van der Waals surface area contributed by atoms with Gasteiger partial charge >= 0.3 is 0 Å². The Labute approximate surface area is 202 Å². The van der Waals surface area contributed by atoms with Crippen LogP contribution in [0.4, 0.5) is 20.6 Å². The van der Waals surface area contributed by atoms with Crippen LogP contribution in [0.15, 0.2) is 47.4 Å². The summed E-state index contributed by atoms with van der Waals surface area (Å²) in [4.78, 5) is 41.2. The van der Waals surface area contributed by atoms with Crippen LogP contribution in [0.25, 0.3) is 11.6 Å². The summed E-state index contributed by atoms with van der Waals surface area (Å²) in [6.45, 7) is 7.95. The number of likely N-dealkylation sites (N-methyl/N-ethyl adjacent to an activating group) is 1. The summed E-state index contributed by atoms with van der Waals surface area (Å²) < 4.78 is 13.0. The molecule has 2 aliphatic heterocycles. The molecule has 2 aromatic rings. The Morgan fingerprint density at radius 3 is 2.50 bits per heavy atom. The third-order valence-corrected chi connectivity index (χ3v) is 7.10. The van der Waals surface area contributed by atoms with Crippen LogP contribution in [0.1, 0.15) is 37.5 Å². The fraction of sp³-hybridized carbons (Fsp3) is 0.269. The van der Waals surface area contributed by atoms with Crippen molar-refractivity contribution in [3.63, 3.8) is 0 Å². The van der Waals surface area contributed by atoms with Gasteiger partial charge < -0.3 is 10.2 Å². The second-order valence-corrected chi connectivity index (χ2v) is 10.1. The first-order valence-corrected chi connectivity index (χ1v) is 11.7. The Morgan fingerprint density at radius 1 is 1.15 bits per heavy atom. The number of benzene rings is 2. The molecular formula is C26H26FN3O3S. The zero-order valence-electron chi connectivity index (χ0n) is 19.7. The number of carbonyl (C=O) groups is 3. The number of hydrogen-bond acceptors (Lipinski definition) is 5. The van der Waals surface area contributed by atoms with Crippen molar-refractivity contribution >= 4 is 51.8 Å². The maximum absolute atomic E-state index is 13.0. The maximum Gasteiger partial charge on any atom is 0.294 e. The van der Waals surface area contributed by atoms with E-state index in [2.05, 4.69) is 50.2 Å². The van der Waals surface area contributed by atoms with Crippen LogP contribution in [0.5, 0.6) is 0 Å². The van der Waals surface area contributed by atoms with Crippen molar-refractivity contribution in [2.45, 2.75) is 33.2 Å². The van der Waals surface area contributed by atoms with Crippen molar-refractivity contribution in [2.24, 2.45) is 0 Å². The number of carbonyl (C=O) groups excluding carboxylic acids is 3. The van der Waals surface area contributed by atoms with Crippen molar-refractivity contribution in [3.05, 3.63) is 69.9 Å². The molecule has 0 atom stereocenters. The van der Waals surface area contributed by atoms with Crippen LogP contribution in [0.3, 0.4) is 0 Å². The molecule has 34 heavy (non-hydrogen) atoms. The van der Waals surface area contributed by atoms with Crippen molar-refractivity contribution in [1.82, 2.24) is 4.90 Å². The van der Waals surface area contributed by atoms with Gasteiger partial charge in [0.15, 0.2) is 0 Å². The summed E-state index contributed by atoms with van der Waals surface area (Å²) >= 11 is 0.818. The van der Waals surface area contributed by atoms with Gasteiger partial charge in [0.25, 0.3) is 11.1 Å². The summed E-state index contributed by atoms with van der Waals surface area (Å²) in [5.41, 5.74) is 5.45. The second-order valence-electron chi connectivity index (χ2n) is 9.09. The average molecular weight is 480 g/mol. The highest BCUT2D eigenvalue weighted by Crippen LogP contribution is 2.40. The smallest absolute Gasteiger partial charge is 0.294 e. The molecule has 0 spiro atoms. The van der Waals surface area contributed by atoms with Crippen molar-refractivity contribution < 1.29 is 18.8 Å². The van der Waals surface area contributed by atoms with E-state index in [1.165, 1.54) is 24.3 Å². The number of imide groups is 1. The molecule has 2 aliphatic rings. The lowest BCUT2D eigenvalue weighted by Gasteiger charge is -2.41. The van der Waals surface area contributed by atoms with Crippen LogP contribution in [0, 0.1) is 12.7 Å². The first-order valence-electron chi connectivity index (χ1n) is 10.9. The van der Waals surface area contributed by atoms with Gasteiger partial charge in [-0.1, -0.05) is 6.08 Å². The van der Waals surface area contributed by atoms with Gasteiger partial charge in [0.05, 0.1) is 10.4 Å². The van der Waals surface area contributed by atoms with Gasteiger partial charge in [-0.25, -0.2) is 4.39 Å². The quantitative estimate of drug-likeness (QED) is 0.592. The summed E-state index contributed by atoms with van der Waals surface area (Å²) in [6, 6.07) is 9.39. The molecule has 3 amide bonds. The van der Waals surface area contributed by atoms with Gasteiger partial charge in [-0.05, 0) is 98.6 Å². The Balaban J connectivity index is 1.55. The van der Waals surface area contributed by atoms with Crippen molar-refractivity contribution in [1.29, 1.82) is 0 Å². The van der Waals surface area contributed by atoms with E-state index in [0.717, 1.165) is 44.6 Å². The molecule has 6 nitrogen and oxygen atoms in total. The standard InChI is InChI=1S/C26H26FN3O3S/c1-15-10-21-20(16(2)13-26(3,4)29(21)5)11-17(15)12-22-24(32)30(25(33)34-22)14-23(31)28-19-8-6-18(27)7-9-19/h6-13H,14H2,1-5H3,(H,28,31)/b22-12-. The summed E-state index contributed by atoms with van der Waals surface area (Å²) in [7, 11) is 2.06.